The quantitative estimate of drug-likeness (QED) is 0.474. The summed E-state index contributed by atoms with van der Waals surface area (Å²) in [5, 5.41) is 11.4. The minimum absolute atomic E-state index is 0.0579. The third-order valence-electron chi connectivity index (χ3n) is 6.13. The van der Waals surface area contributed by atoms with Gasteiger partial charge in [-0.3, -0.25) is 9.10 Å². The molecule has 2 aromatic carbocycles. The topological polar surface area (TPSA) is 131 Å². The Labute approximate surface area is 227 Å². The van der Waals surface area contributed by atoms with Crippen LogP contribution < -0.4 is 5.32 Å². The molecule has 0 bridgehead atoms. The van der Waals surface area contributed by atoms with Gasteiger partial charge in [0.1, 0.15) is 6.04 Å². The Morgan fingerprint density at radius 3 is 2.62 bits per heavy atom. The first-order valence-electron chi connectivity index (χ1n) is 10.9. The molecule has 0 saturated heterocycles. The van der Waals surface area contributed by atoms with E-state index >= 15 is 0 Å². The number of hydrogen-bond acceptors (Lipinski definition) is 7. The molecule has 3 aromatic rings. The zero-order valence-electron chi connectivity index (χ0n) is 18.8. The second kappa shape index (κ2) is 9.59. The number of halogens is 3. The molecule has 2 aliphatic rings. The van der Waals surface area contributed by atoms with Gasteiger partial charge in [-0.25, -0.2) is 21.5 Å². The van der Waals surface area contributed by atoms with Crippen LogP contribution in [0, 0.1) is 0 Å². The zero-order chi connectivity index (χ0) is 26.5. The first kappa shape index (κ1) is 26.0. The van der Waals surface area contributed by atoms with Crippen LogP contribution in [0.15, 0.2) is 64.8 Å². The molecule has 2 unspecified atom stereocenters. The third-order valence-corrected chi connectivity index (χ3v) is 10.7. The molecule has 2 atom stereocenters. The summed E-state index contributed by atoms with van der Waals surface area (Å²) in [4.78, 5) is 12.8. The van der Waals surface area contributed by atoms with Gasteiger partial charge in [0.05, 0.1) is 37.3 Å². The van der Waals surface area contributed by atoms with E-state index in [2.05, 4.69) is 15.6 Å². The van der Waals surface area contributed by atoms with Crippen molar-refractivity contribution in [3.05, 3.63) is 81.3 Å². The van der Waals surface area contributed by atoms with Crippen molar-refractivity contribution < 1.29 is 21.6 Å². The summed E-state index contributed by atoms with van der Waals surface area (Å²) >= 11 is 18.1. The van der Waals surface area contributed by atoms with Crippen LogP contribution in [0.25, 0.3) is 0 Å². The molecule has 1 amide bonds. The van der Waals surface area contributed by atoms with Gasteiger partial charge < -0.3 is 5.32 Å². The lowest BCUT2D eigenvalue weighted by Crippen LogP contribution is -2.50. The number of carbonyl (C=O) groups is 1. The molecule has 1 aromatic heterocycles. The van der Waals surface area contributed by atoms with Crippen molar-refractivity contribution in [1.82, 2.24) is 24.6 Å². The van der Waals surface area contributed by atoms with Crippen LogP contribution in [0.2, 0.25) is 15.1 Å². The molecule has 0 saturated carbocycles. The lowest BCUT2D eigenvalue weighted by Gasteiger charge is -2.31. The molecule has 10 nitrogen and oxygen atoms in total. The number of sulfone groups is 1. The molecule has 0 fully saturated rings. The normalized spacial score (nSPS) is 20.9. The van der Waals surface area contributed by atoms with Gasteiger partial charge in [0.2, 0.25) is 5.91 Å². The summed E-state index contributed by atoms with van der Waals surface area (Å²) in [6, 6.07) is 6.85. The van der Waals surface area contributed by atoms with Gasteiger partial charge in [-0.1, -0.05) is 40.0 Å². The average molecular weight is 603 g/mol. The molecule has 5 rings (SSSR count). The van der Waals surface area contributed by atoms with E-state index in [1.165, 1.54) is 47.4 Å². The SMILES string of the molecule is O=C1NC=CN(S(=O)(=O)c2ccc(Cl)c(Cl)c2)C1Cc1cn(C2CCS(=O)(=O)c3ccc(Cl)cc32)nn1. The number of aromatic nitrogens is 3. The predicted octanol–water partition coefficient (Wildman–Crippen LogP) is 3.21. The second-order valence-electron chi connectivity index (χ2n) is 8.45. The number of carbonyl (C=O) groups excluding carboxylic acids is 1. The molecule has 0 spiro atoms. The summed E-state index contributed by atoms with van der Waals surface area (Å²) in [6.07, 6.45) is 4.21. The number of rotatable bonds is 5. The fourth-order valence-corrected chi connectivity index (χ4v) is 7.93. The van der Waals surface area contributed by atoms with Gasteiger partial charge >= 0.3 is 0 Å². The highest BCUT2D eigenvalue weighted by Gasteiger charge is 2.37. The van der Waals surface area contributed by atoms with Crippen LogP contribution in [0.5, 0.6) is 0 Å². The Kier molecular flexibility index (Phi) is 6.73. The molecule has 0 radical (unpaired) electrons. The van der Waals surface area contributed by atoms with Crippen molar-refractivity contribution in [2.24, 2.45) is 0 Å². The van der Waals surface area contributed by atoms with E-state index in [0.717, 1.165) is 4.31 Å². The maximum Gasteiger partial charge on any atom is 0.264 e. The summed E-state index contributed by atoms with van der Waals surface area (Å²) in [5.74, 6) is -0.630. The maximum absolute atomic E-state index is 13.4. The van der Waals surface area contributed by atoms with Crippen molar-refractivity contribution in [2.75, 3.05) is 5.75 Å². The van der Waals surface area contributed by atoms with Crippen LogP contribution in [-0.4, -0.2) is 53.8 Å². The highest BCUT2D eigenvalue weighted by Crippen LogP contribution is 2.36. The minimum atomic E-state index is -4.17. The number of benzene rings is 2. The van der Waals surface area contributed by atoms with Gasteiger partial charge in [0.15, 0.2) is 9.84 Å². The predicted molar refractivity (Wildman–Crippen MR) is 137 cm³/mol. The Morgan fingerprint density at radius 2 is 1.86 bits per heavy atom. The number of hydrogen-bond donors (Lipinski definition) is 1. The lowest BCUT2D eigenvalue weighted by molar-refractivity contribution is -0.124. The van der Waals surface area contributed by atoms with E-state index in [1.807, 2.05) is 0 Å². The number of amides is 1. The number of fused-ring (bicyclic) bond motifs is 1. The van der Waals surface area contributed by atoms with Gasteiger partial charge in [-0.15, -0.1) is 5.10 Å². The van der Waals surface area contributed by atoms with Crippen molar-refractivity contribution in [2.45, 2.75) is 34.7 Å². The average Bonchev–Trinajstić information content (AvgIpc) is 3.30. The van der Waals surface area contributed by atoms with E-state index in [1.54, 1.807) is 12.3 Å². The number of nitrogens with zero attached hydrogens (tertiary/aromatic N) is 4. The fraction of sp³-hybridized carbons (Fsp3) is 0.227. The van der Waals surface area contributed by atoms with Crippen molar-refractivity contribution in [3.8, 4) is 0 Å². The molecule has 2 aliphatic heterocycles. The molecular formula is C22H18Cl3N5O5S2. The van der Waals surface area contributed by atoms with E-state index in [0.29, 0.717) is 16.3 Å². The molecule has 194 valence electrons. The van der Waals surface area contributed by atoms with Crippen LogP contribution >= 0.6 is 34.8 Å². The summed E-state index contributed by atoms with van der Waals surface area (Å²) in [5.41, 5.74) is 0.833. The third kappa shape index (κ3) is 4.84. The first-order chi connectivity index (χ1) is 17.5. The Balaban J connectivity index is 1.45. The monoisotopic (exact) mass is 601 g/mol. The molecule has 0 aliphatic carbocycles. The fourth-order valence-electron chi connectivity index (χ4n) is 4.33. The van der Waals surface area contributed by atoms with E-state index < -0.39 is 37.9 Å². The van der Waals surface area contributed by atoms with Gasteiger partial charge in [-0.2, -0.15) is 0 Å². The van der Waals surface area contributed by atoms with Crippen LogP contribution in [0.4, 0.5) is 0 Å². The molecule has 1 N–H and O–H groups in total. The van der Waals surface area contributed by atoms with Gasteiger partial charge in [0.25, 0.3) is 10.0 Å². The zero-order valence-corrected chi connectivity index (χ0v) is 22.7. The van der Waals surface area contributed by atoms with Gasteiger partial charge in [-0.05, 0) is 48.4 Å². The van der Waals surface area contributed by atoms with E-state index in [4.69, 9.17) is 34.8 Å². The Hall–Kier alpha value is -2.64. The van der Waals surface area contributed by atoms with Crippen molar-refractivity contribution >= 4 is 60.6 Å². The highest BCUT2D eigenvalue weighted by atomic mass is 35.5. The standard InChI is InChI=1S/C22H18Cl3N5O5S2/c23-13-1-4-21-16(9-13)19(5-8-36(21,32)33)29-12-14(27-28-29)10-20-22(31)26-6-7-30(20)37(34,35)15-2-3-17(24)18(25)11-15/h1-4,6-7,9,11-12,19-20H,5,8,10H2,(H,26,31). The first-order valence-corrected chi connectivity index (χ1v) is 15.1. The summed E-state index contributed by atoms with van der Waals surface area (Å²) in [6.45, 7) is 0. The van der Waals surface area contributed by atoms with E-state index in [9.17, 15) is 21.6 Å². The molecule has 3 heterocycles. The van der Waals surface area contributed by atoms with Crippen molar-refractivity contribution in [3.63, 3.8) is 0 Å². The van der Waals surface area contributed by atoms with E-state index in [-0.39, 0.29) is 38.4 Å². The smallest absolute Gasteiger partial charge is 0.264 e. The Morgan fingerprint density at radius 1 is 1.08 bits per heavy atom. The highest BCUT2D eigenvalue weighted by molar-refractivity contribution is 7.91. The summed E-state index contributed by atoms with van der Waals surface area (Å²) in [7, 11) is -7.62. The number of sulfonamides is 1. The molecule has 15 heteroatoms. The molecule has 37 heavy (non-hydrogen) atoms. The largest absolute Gasteiger partial charge is 0.329 e. The van der Waals surface area contributed by atoms with Crippen LogP contribution in [0.1, 0.15) is 23.7 Å². The lowest BCUT2D eigenvalue weighted by atomic mass is 10.0. The second-order valence-corrected chi connectivity index (χ2v) is 13.6. The number of nitrogens with one attached hydrogen (secondary N) is 1. The van der Waals surface area contributed by atoms with Crippen molar-refractivity contribution in [1.29, 1.82) is 0 Å². The Bertz CT molecular complexity index is 1660. The van der Waals surface area contributed by atoms with Crippen LogP contribution in [0.3, 0.4) is 0 Å². The molecular weight excluding hydrogens is 585 g/mol. The van der Waals surface area contributed by atoms with Crippen LogP contribution in [-0.2, 0) is 31.1 Å². The van der Waals surface area contributed by atoms with Gasteiger partial charge in [0, 0.05) is 30.0 Å². The maximum atomic E-state index is 13.4. The minimum Gasteiger partial charge on any atom is -0.329 e. The summed E-state index contributed by atoms with van der Waals surface area (Å²) < 4.78 is 54.2.